The van der Waals surface area contributed by atoms with Gasteiger partial charge in [0, 0.05) is 29.7 Å². The van der Waals surface area contributed by atoms with Gasteiger partial charge in [0.25, 0.3) is 5.91 Å². The van der Waals surface area contributed by atoms with Crippen molar-refractivity contribution in [1.29, 1.82) is 0 Å². The number of amides is 1. The van der Waals surface area contributed by atoms with Gasteiger partial charge in [0.1, 0.15) is 12.0 Å². The maximum Gasteiger partial charge on any atom is 0.252 e. The Morgan fingerprint density at radius 3 is 2.77 bits per heavy atom. The minimum Gasteiger partial charge on any atom is -0.377 e. The Balaban J connectivity index is 1.84. The van der Waals surface area contributed by atoms with Gasteiger partial charge in [0.2, 0.25) is 0 Å². The van der Waals surface area contributed by atoms with Crippen LogP contribution in [0.3, 0.4) is 0 Å². The Hall–Kier alpha value is -3.03. The molecule has 2 unspecified atom stereocenters. The molecule has 134 valence electrons. The number of hydrogen-bond acceptors (Lipinski definition) is 5. The quantitative estimate of drug-likeness (QED) is 0.750. The van der Waals surface area contributed by atoms with E-state index >= 15 is 0 Å². The van der Waals surface area contributed by atoms with E-state index < -0.39 is 11.6 Å². The molecule has 0 radical (unpaired) electrons. The zero-order valence-electron chi connectivity index (χ0n) is 14.3. The summed E-state index contributed by atoms with van der Waals surface area (Å²) in [6.45, 7) is 1.59. The fourth-order valence-corrected chi connectivity index (χ4v) is 3.53. The van der Waals surface area contributed by atoms with Gasteiger partial charge in [-0.2, -0.15) is 5.10 Å². The van der Waals surface area contributed by atoms with Crippen LogP contribution in [0.4, 0.5) is 10.1 Å². The summed E-state index contributed by atoms with van der Waals surface area (Å²) >= 11 is 0. The van der Waals surface area contributed by atoms with Gasteiger partial charge in [0.15, 0.2) is 0 Å². The van der Waals surface area contributed by atoms with Gasteiger partial charge in [0.05, 0.1) is 29.0 Å². The smallest absolute Gasteiger partial charge is 0.252 e. The molecular weight excluding hydrogens is 335 g/mol. The van der Waals surface area contributed by atoms with Crippen LogP contribution < -0.4 is 11.1 Å². The van der Waals surface area contributed by atoms with Crippen LogP contribution in [0.2, 0.25) is 0 Å². The van der Waals surface area contributed by atoms with Crippen LogP contribution in [-0.4, -0.2) is 37.2 Å². The SMILES string of the molecule is CC1(F)CCCC1Nc1c(C(N)=O)cnn2cc(-c3cncnc3)cc12. The number of carbonyl (C=O) groups excluding carboxylic acids is 1. The highest BCUT2D eigenvalue weighted by molar-refractivity contribution is 6.02. The molecule has 4 rings (SSSR count). The fourth-order valence-electron chi connectivity index (χ4n) is 3.53. The molecule has 3 aromatic heterocycles. The van der Waals surface area contributed by atoms with Gasteiger partial charge in [-0.1, -0.05) is 0 Å². The first-order valence-electron chi connectivity index (χ1n) is 8.48. The van der Waals surface area contributed by atoms with Crippen LogP contribution in [0.1, 0.15) is 36.5 Å². The molecule has 0 bridgehead atoms. The lowest BCUT2D eigenvalue weighted by molar-refractivity contribution is 0.1000. The molecule has 0 aliphatic heterocycles. The highest BCUT2D eigenvalue weighted by atomic mass is 19.1. The van der Waals surface area contributed by atoms with E-state index in [-0.39, 0.29) is 11.6 Å². The number of primary amides is 1. The summed E-state index contributed by atoms with van der Waals surface area (Å²) in [6.07, 6.45) is 10.1. The summed E-state index contributed by atoms with van der Waals surface area (Å²) in [7, 11) is 0. The Kier molecular flexibility index (Phi) is 3.82. The third-order valence-electron chi connectivity index (χ3n) is 5.00. The lowest BCUT2D eigenvalue weighted by Gasteiger charge is -2.26. The number of halogens is 1. The maximum absolute atomic E-state index is 14.7. The zero-order valence-corrected chi connectivity index (χ0v) is 14.3. The number of rotatable bonds is 4. The van der Waals surface area contributed by atoms with Crippen LogP contribution in [0.25, 0.3) is 16.6 Å². The topological polar surface area (TPSA) is 98.2 Å². The zero-order chi connectivity index (χ0) is 18.3. The third kappa shape index (κ3) is 2.77. The molecule has 0 aromatic carbocycles. The van der Waals surface area contributed by atoms with Crippen molar-refractivity contribution in [3.05, 3.63) is 42.7 Å². The van der Waals surface area contributed by atoms with E-state index in [1.165, 1.54) is 12.5 Å². The Morgan fingerprint density at radius 1 is 1.35 bits per heavy atom. The predicted molar refractivity (Wildman–Crippen MR) is 95.5 cm³/mol. The number of carbonyl (C=O) groups is 1. The van der Waals surface area contributed by atoms with Crippen LogP contribution in [0.5, 0.6) is 0 Å². The van der Waals surface area contributed by atoms with E-state index in [1.807, 2.05) is 12.3 Å². The largest absolute Gasteiger partial charge is 0.377 e. The number of anilines is 1. The monoisotopic (exact) mass is 354 g/mol. The summed E-state index contributed by atoms with van der Waals surface area (Å²) < 4.78 is 16.4. The van der Waals surface area contributed by atoms with Gasteiger partial charge in [-0.25, -0.2) is 18.9 Å². The van der Waals surface area contributed by atoms with Crippen LogP contribution in [-0.2, 0) is 0 Å². The summed E-state index contributed by atoms with van der Waals surface area (Å²) in [6, 6.07) is 1.48. The lowest BCUT2D eigenvalue weighted by Crippen LogP contribution is -2.36. The highest BCUT2D eigenvalue weighted by Gasteiger charge is 2.39. The molecule has 1 saturated carbocycles. The predicted octanol–water partition coefficient (Wildman–Crippen LogP) is 2.58. The molecule has 3 heterocycles. The standard InChI is InChI=1S/C18H19FN6O/c1-18(19)4-2-3-15(18)24-16-13(17(20)26)8-23-25-9-11(5-14(16)25)12-6-21-10-22-7-12/h5-10,15,24H,2-4H2,1H3,(H2,20,26). The fraction of sp³-hybridized carbons (Fsp3) is 0.333. The second-order valence-electron chi connectivity index (χ2n) is 6.85. The molecule has 3 N–H and O–H groups in total. The van der Waals surface area contributed by atoms with Crippen molar-refractivity contribution >= 4 is 17.1 Å². The minimum atomic E-state index is -1.34. The Morgan fingerprint density at radius 2 is 2.12 bits per heavy atom. The second-order valence-corrected chi connectivity index (χ2v) is 6.85. The Labute approximate surface area is 149 Å². The van der Waals surface area contributed by atoms with Crippen molar-refractivity contribution in [2.24, 2.45) is 5.73 Å². The minimum absolute atomic E-state index is 0.245. The normalized spacial score (nSPS) is 22.6. The molecule has 2 atom stereocenters. The lowest BCUT2D eigenvalue weighted by atomic mass is 10.0. The van der Waals surface area contributed by atoms with Crippen LogP contribution in [0.15, 0.2) is 37.2 Å². The average Bonchev–Trinajstić information content (AvgIpc) is 3.19. The number of alkyl halides is 1. The highest BCUT2D eigenvalue weighted by Crippen LogP contribution is 2.37. The molecule has 1 fully saturated rings. The van der Waals surface area contributed by atoms with Crippen LogP contribution >= 0.6 is 0 Å². The van der Waals surface area contributed by atoms with Crippen LogP contribution in [0, 0.1) is 0 Å². The van der Waals surface area contributed by atoms with Gasteiger partial charge < -0.3 is 11.1 Å². The van der Waals surface area contributed by atoms with E-state index in [2.05, 4.69) is 20.4 Å². The van der Waals surface area contributed by atoms with Crippen molar-refractivity contribution in [2.45, 2.75) is 37.9 Å². The summed E-state index contributed by atoms with van der Waals surface area (Å²) in [4.78, 5) is 19.9. The molecule has 8 heteroatoms. The van der Waals surface area contributed by atoms with Crippen molar-refractivity contribution < 1.29 is 9.18 Å². The van der Waals surface area contributed by atoms with Crippen molar-refractivity contribution in [3.63, 3.8) is 0 Å². The molecule has 1 amide bonds. The first-order valence-corrected chi connectivity index (χ1v) is 8.48. The van der Waals surface area contributed by atoms with Gasteiger partial charge in [-0.05, 0) is 32.3 Å². The van der Waals surface area contributed by atoms with E-state index in [4.69, 9.17) is 5.73 Å². The molecule has 0 saturated heterocycles. The Bertz CT molecular complexity index is 968. The molecule has 0 spiro atoms. The first-order chi connectivity index (χ1) is 12.5. The number of nitrogens with one attached hydrogen (secondary N) is 1. The molecule has 1 aliphatic carbocycles. The third-order valence-corrected chi connectivity index (χ3v) is 5.00. The molecular formula is C18H19FN6O. The van der Waals surface area contributed by atoms with E-state index in [0.717, 1.165) is 17.5 Å². The molecule has 3 aromatic rings. The summed E-state index contributed by atoms with van der Waals surface area (Å²) in [5, 5.41) is 7.48. The van der Waals surface area contributed by atoms with E-state index in [0.29, 0.717) is 24.0 Å². The molecule has 26 heavy (non-hydrogen) atoms. The van der Waals surface area contributed by atoms with Gasteiger partial charge in [-0.15, -0.1) is 0 Å². The van der Waals surface area contributed by atoms with Gasteiger partial charge >= 0.3 is 0 Å². The van der Waals surface area contributed by atoms with Crippen molar-refractivity contribution in [2.75, 3.05) is 5.32 Å². The number of fused-ring (bicyclic) bond motifs is 1. The summed E-state index contributed by atoms with van der Waals surface area (Å²) in [5.74, 6) is -0.605. The van der Waals surface area contributed by atoms with Crippen molar-refractivity contribution in [1.82, 2.24) is 19.6 Å². The maximum atomic E-state index is 14.7. The number of nitrogens with zero attached hydrogens (tertiary/aromatic N) is 4. The van der Waals surface area contributed by atoms with E-state index in [9.17, 15) is 9.18 Å². The summed E-state index contributed by atoms with van der Waals surface area (Å²) in [5.41, 5.74) is 7.26. The van der Waals surface area contributed by atoms with Gasteiger partial charge in [-0.3, -0.25) is 4.79 Å². The average molecular weight is 354 g/mol. The second kappa shape index (κ2) is 6.05. The first kappa shape index (κ1) is 16.4. The number of nitrogens with two attached hydrogens (primary N) is 1. The number of hydrogen-bond donors (Lipinski definition) is 2. The number of aromatic nitrogens is 4. The van der Waals surface area contributed by atoms with Crippen molar-refractivity contribution in [3.8, 4) is 11.1 Å². The molecule has 1 aliphatic rings. The van der Waals surface area contributed by atoms with E-state index in [1.54, 1.807) is 23.8 Å². The molecule has 7 nitrogen and oxygen atoms in total.